The molecular formula is C17H15FN2O2S2. The summed E-state index contributed by atoms with van der Waals surface area (Å²) in [4.78, 5) is 17.5. The molecule has 3 aromatic rings. The molecule has 1 aromatic carbocycles. The fraction of sp³-hybridized carbons (Fsp3) is 0.176. The van der Waals surface area contributed by atoms with Crippen molar-refractivity contribution in [3.05, 3.63) is 64.2 Å². The summed E-state index contributed by atoms with van der Waals surface area (Å²) >= 11 is 3.11. The number of hydrogen-bond donors (Lipinski definition) is 2. The monoisotopic (exact) mass is 362 g/mol. The minimum Gasteiger partial charge on any atom is -0.387 e. The van der Waals surface area contributed by atoms with Gasteiger partial charge in [0.05, 0.1) is 23.1 Å². The molecule has 0 aliphatic carbocycles. The lowest BCUT2D eigenvalue weighted by Crippen LogP contribution is -2.29. The van der Waals surface area contributed by atoms with Gasteiger partial charge in [-0.3, -0.25) is 4.79 Å². The number of thiazole rings is 1. The Kier molecular flexibility index (Phi) is 5.34. The fourth-order valence-corrected chi connectivity index (χ4v) is 3.78. The minimum atomic E-state index is -0.869. The lowest BCUT2D eigenvalue weighted by Gasteiger charge is -2.12. The number of thiophene rings is 1. The van der Waals surface area contributed by atoms with E-state index >= 15 is 0 Å². The van der Waals surface area contributed by atoms with Gasteiger partial charge in [-0.25, -0.2) is 9.37 Å². The number of halogens is 1. The largest absolute Gasteiger partial charge is 0.387 e. The SMILES string of the molecule is O=C(Cc1csc(-c2cccs2)n1)NCC(O)c1ccc(F)cc1. The first-order chi connectivity index (χ1) is 11.6. The molecule has 0 spiro atoms. The first kappa shape index (κ1) is 16.8. The summed E-state index contributed by atoms with van der Waals surface area (Å²) in [6.07, 6.45) is -0.704. The predicted octanol–water partition coefficient (Wildman–Crippen LogP) is 3.40. The molecule has 4 nitrogen and oxygen atoms in total. The third kappa shape index (κ3) is 4.25. The number of rotatable bonds is 6. The zero-order valence-corrected chi connectivity index (χ0v) is 14.2. The van der Waals surface area contributed by atoms with E-state index in [2.05, 4.69) is 10.3 Å². The average molecular weight is 362 g/mol. The van der Waals surface area contributed by atoms with Crippen molar-refractivity contribution in [3.63, 3.8) is 0 Å². The van der Waals surface area contributed by atoms with E-state index in [0.29, 0.717) is 11.3 Å². The number of nitrogens with one attached hydrogen (secondary N) is 1. The van der Waals surface area contributed by atoms with Crippen LogP contribution < -0.4 is 5.32 Å². The van der Waals surface area contributed by atoms with E-state index in [9.17, 15) is 14.3 Å². The smallest absolute Gasteiger partial charge is 0.226 e. The molecule has 2 heterocycles. The second-order valence-corrected chi connectivity index (χ2v) is 6.98. The first-order valence-corrected chi connectivity index (χ1v) is 9.06. The van der Waals surface area contributed by atoms with Gasteiger partial charge in [-0.2, -0.15) is 0 Å². The third-order valence-electron chi connectivity index (χ3n) is 3.37. The predicted molar refractivity (Wildman–Crippen MR) is 93.5 cm³/mol. The Balaban J connectivity index is 1.51. The summed E-state index contributed by atoms with van der Waals surface area (Å²) in [5.74, 6) is -0.570. The third-order valence-corrected chi connectivity index (χ3v) is 5.30. The van der Waals surface area contributed by atoms with Gasteiger partial charge in [-0.05, 0) is 29.1 Å². The highest BCUT2D eigenvalue weighted by atomic mass is 32.1. The van der Waals surface area contributed by atoms with Gasteiger partial charge in [-0.1, -0.05) is 18.2 Å². The molecule has 1 unspecified atom stereocenters. The van der Waals surface area contributed by atoms with Crippen molar-refractivity contribution in [2.45, 2.75) is 12.5 Å². The highest BCUT2D eigenvalue weighted by molar-refractivity contribution is 7.20. The van der Waals surface area contributed by atoms with Crippen molar-refractivity contribution in [1.82, 2.24) is 10.3 Å². The van der Waals surface area contributed by atoms with E-state index < -0.39 is 6.10 Å². The first-order valence-electron chi connectivity index (χ1n) is 7.30. The summed E-state index contributed by atoms with van der Waals surface area (Å²) < 4.78 is 12.9. The number of nitrogens with zero attached hydrogens (tertiary/aromatic N) is 1. The van der Waals surface area contributed by atoms with Crippen molar-refractivity contribution in [1.29, 1.82) is 0 Å². The summed E-state index contributed by atoms with van der Waals surface area (Å²) in [5, 5.41) is 17.4. The van der Waals surface area contributed by atoms with Crippen LogP contribution in [0.25, 0.3) is 9.88 Å². The van der Waals surface area contributed by atoms with Crippen LogP contribution in [0, 0.1) is 5.82 Å². The van der Waals surface area contributed by atoms with E-state index in [0.717, 1.165) is 9.88 Å². The minimum absolute atomic E-state index is 0.0758. The maximum absolute atomic E-state index is 12.9. The molecule has 0 saturated heterocycles. The molecule has 0 saturated carbocycles. The standard InChI is InChI=1S/C17H15FN2O2S2/c18-12-5-3-11(4-6-12)14(21)9-19-16(22)8-13-10-24-17(20-13)15-2-1-7-23-15/h1-7,10,14,21H,8-9H2,(H,19,22). The summed E-state index contributed by atoms with van der Waals surface area (Å²) in [7, 11) is 0. The fourth-order valence-electron chi connectivity index (χ4n) is 2.14. The van der Waals surface area contributed by atoms with E-state index in [1.807, 2.05) is 22.9 Å². The molecule has 24 heavy (non-hydrogen) atoms. The van der Waals surface area contributed by atoms with Crippen LogP contribution in [0.15, 0.2) is 47.2 Å². The van der Waals surface area contributed by atoms with Crippen molar-refractivity contribution in [3.8, 4) is 9.88 Å². The van der Waals surface area contributed by atoms with Crippen LogP contribution in [0.3, 0.4) is 0 Å². The van der Waals surface area contributed by atoms with E-state index in [1.54, 1.807) is 11.3 Å². The van der Waals surface area contributed by atoms with Crippen LogP contribution in [-0.4, -0.2) is 22.5 Å². The number of amides is 1. The van der Waals surface area contributed by atoms with Crippen LogP contribution in [-0.2, 0) is 11.2 Å². The highest BCUT2D eigenvalue weighted by Crippen LogP contribution is 2.27. The van der Waals surface area contributed by atoms with Crippen LogP contribution >= 0.6 is 22.7 Å². The molecule has 0 aliphatic rings. The van der Waals surface area contributed by atoms with Crippen molar-refractivity contribution in [2.75, 3.05) is 6.54 Å². The number of benzene rings is 1. The van der Waals surface area contributed by atoms with E-state index in [4.69, 9.17) is 0 Å². The van der Waals surface area contributed by atoms with Crippen molar-refractivity contribution in [2.24, 2.45) is 0 Å². The summed E-state index contributed by atoms with van der Waals surface area (Å²) in [5.41, 5.74) is 1.27. The van der Waals surface area contributed by atoms with Crippen LogP contribution in [0.5, 0.6) is 0 Å². The lowest BCUT2D eigenvalue weighted by molar-refractivity contribution is -0.120. The van der Waals surface area contributed by atoms with Gasteiger partial charge in [0.2, 0.25) is 5.91 Å². The number of aromatic nitrogens is 1. The van der Waals surface area contributed by atoms with Gasteiger partial charge >= 0.3 is 0 Å². The number of carbonyl (C=O) groups is 1. The van der Waals surface area contributed by atoms with Gasteiger partial charge in [0, 0.05) is 11.9 Å². The normalized spacial score (nSPS) is 12.1. The van der Waals surface area contributed by atoms with Crippen molar-refractivity contribution < 1.29 is 14.3 Å². The maximum Gasteiger partial charge on any atom is 0.226 e. The Bertz CT molecular complexity index is 800. The number of aliphatic hydroxyl groups excluding tert-OH is 1. The van der Waals surface area contributed by atoms with Crippen molar-refractivity contribution >= 4 is 28.6 Å². The Morgan fingerprint density at radius 1 is 1.25 bits per heavy atom. The number of carbonyl (C=O) groups excluding carboxylic acids is 1. The van der Waals surface area contributed by atoms with Crippen LogP contribution in [0.1, 0.15) is 17.4 Å². The zero-order chi connectivity index (χ0) is 16.9. The molecule has 2 N–H and O–H groups in total. The van der Waals surface area contributed by atoms with Gasteiger partial charge in [0.15, 0.2) is 0 Å². The van der Waals surface area contributed by atoms with Gasteiger partial charge in [0.25, 0.3) is 0 Å². The number of hydrogen-bond acceptors (Lipinski definition) is 5. The van der Waals surface area contributed by atoms with Gasteiger partial charge in [-0.15, -0.1) is 22.7 Å². The molecule has 2 aromatic heterocycles. The van der Waals surface area contributed by atoms with E-state index in [1.165, 1.54) is 35.6 Å². The highest BCUT2D eigenvalue weighted by Gasteiger charge is 2.12. The molecule has 1 amide bonds. The quantitative estimate of drug-likeness (QED) is 0.706. The van der Waals surface area contributed by atoms with Gasteiger partial charge < -0.3 is 10.4 Å². The average Bonchev–Trinajstić information content (AvgIpc) is 3.24. The number of aliphatic hydroxyl groups is 1. The topological polar surface area (TPSA) is 62.2 Å². The molecule has 0 fully saturated rings. The molecule has 0 bridgehead atoms. The Hall–Kier alpha value is -2.09. The van der Waals surface area contributed by atoms with Gasteiger partial charge in [0.1, 0.15) is 10.8 Å². The Labute approximate surface area is 146 Å². The molecule has 0 radical (unpaired) electrons. The lowest BCUT2D eigenvalue weighted by atomic mass is 10.1. The maximum atomic E-state index is 12.9. The van der Waals surface area contributed by atoms with Crippen LogP contribution in [0.2, 0.25) is 0 Å². The summed E-state index contributed by atoms with van der Waals surface area (Å²) in [6, 6.07) is 9.51. The molecule has 3 rings (SSSR count). The van der Waals surface area contributed by atoms with Crippen LogP contribution in [0.4, 0.5) is 4.39 Å². The Morgan fingerprint density at radius 2 is 2.04 bits per heavy atom. The second kappa shape index (κ2) is 7.65. The molecule has 1 atom stereocenters. The molecule has 0 aliphatic heterocycles. The molecule has 124 valence electrons. The zero-order valence-electron chi connectivity index (χ0n) is 12.6. The van der Waals surface area contributed by atoms with E-state index in [-0.39, 0.29) is 24.7 Å². The molecular weight excluding hydrogens is 347 g/mol. The summed E-state index contributed by atoms with van der Waals surface area (Å²) in [6.45, 7) is 0.0758. The Morgan fingerprint density at radius 3 is 2.75 bits per heavy atom. The molecule has 7 heteroatoms. The second-order valence-electron chi connectivity index (χ2n) is 5.17.